The van der Waals surface area contributed by atoms with Gasteiger partial charge in [-0.3, -0.25) is 4.57 Å². The number of rotatable bonds is 2. The minimum absolute atomic E-state index is 0.346. The van der Waals surface area contributed by atoms with E-state index in [1.54, 1.807) is 4.57 Å². The summed E-state index contributed by atoms with van der Waals surface area (Å²) in [6.45, 7) is 0. The third-order valence-corrected chi connectivity index (χ3v) is 2.70. The number of hydrogen-bond donors (Lipinski definition) is 0. The van der Waals surface area contributed by atoms with Crippen LogP contribution in [0.4, 0.5) is 8.78 Å². The summed E-state index contributed by atoms with van der Waals surface area (Å²) in [6.07, 6.45) is 1.51. The predicted molar refractivity (Wildman–Crippen MR) is 66.7 cm³/mol. The van der Waals surface area contributed by atoms with Crippen molar-refractivity contribution < 1.29 is 8.78 Å². The summed E-state index contributed by atoms with van der Waals surface area (Å²) in [6, 6.07) is 12.6. The Balaban J connectivity index is 2.15. The van der Waals surface area contributed by atoms with E-state index in [0.29, 0.717) is 11.4 Å². The quantitative estimate of drug-likeness (QED) is 0.705. The van der Waals surface area contributed by atoms with Crippen LogP contribution in [0.25, 0.3) is 17.1 Å². The Bertz CT molecular complexity index is 687. The van der Waals surface area contributed by atoms with E-state index >= 15 is 0 Å². The molecule has 0 spiro atoms. The molecule has 2 aromatic carbocycles. The Morgan fingerprint density at radius 1 is 0.895 bits per heavy atom. The van der Waals surface area contributed by atoms with Gasteiger partial charge in [-0.2, -0.15) is 0 Å². The molecule has 5 heteroatoms. The molecule has 0 amide bonds. The average Bonchev–Trinajstić information content (AvgIpc) is 2.88. The first kappa shape index (κ1) is 11.5. The number of hydrogen-bond acceptors (Lipinski definition) is 2. The molecule has 19 heavy (non-hydrogen) atoms. The molecule has 1 aromatic heterocycles. The highest BCUT2D eigenvalue weighted by atomic mass is 19.1. The molecule has 0 saturated carbocycles. The summed E-state index contributed by atoms with van der Waals surface area (Å²) in [4.78, 5) is 0. The van der Waals surface area contributed by atoms with Crippen molar-refractivity contribution in [3.05, 3.63) is 66.5 Å². The zero-order valence-corrected chi connectivity index (χ0v) is 9.79. The number of aromatic nitrogens is 3. The molecule has 0 atom stereocenters. The molecule has 1 heterocycles. The van der Waals surface area contributed by atoms with Gasteiger partial charge in [-0.15, -0.1) is 10.2 Å². The van der Waals surface area contributed by atoms with Gasteiger partial charge in [0.25, 0.3) is 0 Å². The molecule has 0 fully saturated rings. The van der Waals surface area contributed by atoms with E-state index in [1.807, 2.05) is 30.3 Å². The number of para-hydroxylation sites is 1. The van der Waals surface area contributed by atoms with Crippen LogP contribution < -0.4 is 0 Å². The molecule has 3 rings (SSSR count). The second kappa shape index (κ2) is 4.61. The molecule has 3 aromatic rings. The largest absolute Gasteiger partial charge is 0.282 e. The van der Waals surface area contributed by atoms with E-state index in [9.17, 15) is 8.78 Å². The SMILES string of the molecule is Fc1cc(F)cc(-c2nncn2-c2ccccc2)c1. The van der Waals surface area contributed by atoms with Gasteiger partial charge < -0.3 is 0 Å². The molecule has 0 unspecified atom stereocenters. The fourth-order valence-corrected chi connectivity index (χ4v) is 1.89. The highest BCUT2D eigenvalue weighted by molar-refractivity contribution is 5.58. The van der Waals surface area contributed by atoms with Crippen LogP contribution in [-0.2, 0) is 0 Å². The second-order valence-corrected chi connectivity index (χ2v) is 4.02. The molecule has 0 aliphatic rings. The predicted octanol–water partition coefficient (Wildman–Crippen LogP) is 3.21. The molecular weight excluding hydrogens is 248 g/mol. The smallest absolute Gasteiger partial charge is 0.168 e. The minimum Gasteiger partial charge on any atom is -0.282 e. The number of nitrogens with zero attached hydrogens (tertiary/aromatic N) is 3. The fourth-order valence-electron chi connectivity index (χ4n) is 1.89. The third-order valence-electron chi connectivity index (χ3n) is 2.70. The monoisotopic (exact) mass is 257 g/mol. The second-order valence-electron chi connectivity index (χ2n) is 4.02. The summed E-state index contributed by atoms with van der Waals surface area (Å²) >= 11 is 0. The van der Waals surface area contributed by atoms with Crippen molar-refractivity contribution in [1.82, 2.24) is 14.8 Å². The van der Waals surface area contributed by atoms with Crippen LogP contribution in [0.2, 0.25) is 0 Å². The molecule has 0 aliphatic carbocycles. The lowest BCUT2D eigenvalue weighted by atomic mass is 10.2. The Hall–Kier alpha value is -2.56. The van der Waals surface area contributed by atoms with Crippen molar-refractivity contribution in [1.29, 1.82) is 0 Å². The first-order chi connectivity index (χ1) is 9.24. The van der Waals surface area contributed by atoms with Gasteiger partial charge in [0.15, 0.2) is 5.82 Å². The molecule has 0 bridgehead atoms. The van der Waals surface area contributed by atoms with E-state index < -0.39 is 11.6 Å². The van der Waals surface area contributed by atoms with Crippen LogP contribution in [-0.4, -0.2) is 14.8 Å². The first-order valence-corrected chi connectivity index (χ1v) is 5.66. The van der Waals surface area contributed by atoms with Gasteiger partial charge in [0.1, 0.15) is 18.0 Å². The molecule has 0 radical (unpaired) electrons. The van der Waals surface area contributed by atoms with Crippen molar-refractivity contribution in [2.45, 2.75) is 0 Å². The first-order valence-electron chi connectivity index (χ1n) is 5.66. The molecule has 0 aliphatic heterocycles. The van der Waals surface area contributed by atoms with Crippen molar-refractivity contribution in [2.24, 2.45) is 0 Å². The van der Waals surface area contributed by atoms with Crippen LogP contribution in [0, 0.1) is 11.6 Å². The normalized spacial score (nSPS) is 10.6. The Morgan fingerprint density at radius 3 is 2.26 bits per heavy atom. The third kappa shape index (κ3) is 2.22. The topological polar surface area (TPSA) is 30.7 Å². The van der Waals surface area contributed by atoms with E-state index in [4.69, 9.17) is 0 Å². The maximum absolute atomic E-state index is 13.3. The van der Waals surface area contributed by atoms with Gasteiger partial charge in [-0.25, -0.2) is 8.78 Å². The average molecular weight is 257 g/mol. The lowest BCUT2D eigenvalue weighted by Gasteiger charge is -2.06. The molecule has 0 saturated heterocycles. The van der Waals surface area contributed by atoms with Gasteiger partial charge in [0.2, 0.25) is 0 Å². The minimum atomic E-state index is -0.641. The zero-order valence-electron chi connectivity index (χ0n) is 9.79. The van der Waals surface area contributed by atoms with Crippen molar-refractivity contribution in [2.75, 3.05) is 0 Å². The Labute approximate surface area is 108 Å². The lowest BCUT2D eigenvalue weighted by Crippen LogP contribution is -1.96. The van der Waals surface area contributed by atoms with Gasteiger partial charge in [-0.1, -0.05) is 18.2 Å². The highest BCUT2D eigenvalue weighted by Gasteiger charge is 2.11. The van der Waals surface area contributed by atoms with Gasteiger partial charge in [0.05, 0.1) is 0 Å². The van der Waals surface area contributed by atoms with Crippen LogP contribution >= 0.6 is 0 Å². The van der Waals surface area contributed by atoms with Crippen molar-refractivity contribution >= 4 is 0 Å². The van der Waals surface area contributed by atoms with E-state index in [1.165, 1.54) is 18.5 Å². The molecule has 3 nitrogen and oxygen atoms in total. The van der Waals surface area contributed by atoms with Crippen LogP contribution in [0.3, 0.4) is 0 Å². The van der Waals surface area contributed by atoms with E-state index in [-0.39, 0.29) is 0 Å². The highest BCUT2D eigenvalue weighted by Crippen LogP contribution is 2.22. The maximum Gasteiger partial charge on any atom is 0.168 e. The summed E-state index contributed by atoms with van der Waals surface area (Å²) in [5, 5.41) is 7.73. The number of benzene rings is 2. The summed E-state index contributed by atoms with van der Waals surface area (Å²) < 4.78 is 28.2. The van der Waals surface area contributed by atoms with Gasteiger partial charge in [-0.05, 0) is 24.3 Å². The summed E-state index contributed by atoms with van der Waals surface area (Å²) in [5.41, 5.74) is 1.17. The van der Waals surface area contributed by atoms with E-state index in [2.05, 4.69) is 10.2 Å². The molecular formula is C14H9F2N3. The standard InChI is InChI=1S/C14H9F2N3/c15-11-6-10(7-12(16)8-11)14-18-17-9-19(14)13-4-2-1-3-5-13/h1-9H. The summed E-state index contributed by atoms with van der Waals surface area (Å²) in [7, 11) is 0. The van der Waals surface area contributed by atoms with E-state index in [0.717, 1.165) is 11.8 Å². The Morgan fingerprint density at radius 2 is 1.58 bits per heavy atom. The van der Waals surface area contributed by atoms with Crippen molar-refractivity contribution in [3.8, 4) is 17.1 Å². The van der Waals surface area contributed by atoms with Crippen LogP contribution in [0.15, 0.2) is 54.9 Å². The summed E-state index contributed by atoms with van der Waals surface area (Å²) in [5.74, 6) is -0.889. The van der Waals surface area contributed by atoms with Crippen molar-refractivity contribution in [3.63, 3.8) is 0 Å². The molecule has 94 valence electrons. The van der Waals surface area contributed by atoms with Gasteiger partial charge >= 0.3 is 0 Å². The van der Waals surface area contributed by atoms with Gasteiger partial charge in [0, 0.05) is 17.3 Å². The fraction of sp³-hybridized carbons (Fsp3) is 0. The number of halogens is 2. The van der Waals surface area contributed by atoms with Crippen LogP contribution in [0.5, 0.6) is 0 Å². The lowest BCUT2D eigenvalue weighted by molar-refractivity contribution is 0.584. The Kier molecular flexibility index (Phi) is 2.79. The molecule has 0 N–H and O–H groups in total. The maximum atomic E-state index is 13.3. The van der Waals surface area contributed by atoms with Crippen LogP contribution in [0.1, 0.15) is 0 Å². The zero-order chi connectivity index (χ0) is 13.2.